The van der Waals surface area contributed by atoms with Crippen molar-refractivity contribution in [1.82, 2.24) is 5.32 Å². The summed E-state index contributed by atoms with van der Waals surface area (Å²) in [6.07, 6.45) is -0.559. The van der Waals surface area contributed by atoms with Crippen molar-refractivity contribution in [1.29, 1.82) is 0 Å². The summed E-state index contributed by atoms with van der Waals surface area (Å²) in [5, 5.41) is 15.5. The number of nitrogens with one attached hydrogen (secondary N) is 2. The van der Waals surface area contributed by atoms with Gasteiger partial charge in [0, 0.05) is 16.0 Å². The second-order valence-corrected chi connectivity index (χ2v) is 5.99. The fraction of sp³-hybridized carbons (Fsp3) is 0.462. The van der Waals surface area contributed by atoms with Crippen molar-refractivity contribution in [2.24, 2.45) is 5.92 Å². The van der Waals surface area contributed by atoms with Crippen LogP contribution >= 0.6 is 27.5 Å². The number of amides is 2. The van der Waals surface area contributed by atoms with Gasteiger partial charge in [0.25, 0.3) is 0 Å². The van der Waals surface area contributed by atoms with Gasteiger partial charge in [-0.25, -0.2) is 4.79 Å². The minimum atomic E-state index is -0.559. The van der Waals surface area contributed by atoms with Crippen LogP contribution in [0.15, 0.2) is 16.6 Å². The molecule has 1 unspecified atom stereocenters. The monoisotopic (exact) mass is 348 g/mol. The zero-order valence-corrected chi connectivity index (χ0v) is 13.5. The van der Waals surface area contributed by atoms with Gasteiger partial charge in [-0.3, -0.25) is 0 Å². The highest BCUT2D eigenvalue weighted by Crippen LogP contribution is 2.28. The molecule has 106 valence electrons. The second kappa shape index (κ2) is 7.12. The highest BCUT2D eigenvalue weighted by molar-refractivity contribution is 9.10. The van der Waals surface area contributed by atoms with Crippen molar-refractivity contribution < 1.29 is 9.90 Å². The van der Waals surface area contributed by atoms with Gasteiger partial charge in [-0.05, 0) is 46.5 Å². The molecule has 3 N–H and O–H groups in total. The number of urea groups is 1. The maximum absolute atomic E-state index is 11.7. The Hall–Kier alpha value is -0.780. The third-order valence-corrected chi connectivity index (χ3v) is 3.80. The van der Waals surface area contributed by atoms with Gasteiger partial charge in [0.1, 0.15) is 0 Å². The average Bonchev–Trinajstić information content (AvgIpc) is 2.32. The molecule has 2 amide bonds. The molecule has 6 heteroatoms. The van der Waals surface area contributed by atoms with E-state index in [1.54, 1.807) is 6.07 Å². The number of halogens is 2. The number of rotatable bonds is 4. The van der Waals surface area contributed by atoms with Gasteiger partial charge in [-0.2, -0.15) is 0 Å². The normalized spacial score (nSPS) is 12.4. The SMILES string of the molecule is Cc1cc(Br)c(NC(=O)NCC(O)C(C)C)cc1Cl. The van der Waals surface area contributed by atoms with Crippen LogP contribution in [0.2, 0.25) is 5.02 Å². The third kappa shape index (κ3) is 5.01. The molecule has 0 saturated heterocycles. The van der Waals surface area contributed by atoms with Gasteiger partial charge in [-0.15, -0.1) is 0 Å². The molecule has 0 heterocycles. The second-order valence-electron chi connectivity index (χ2n) is 4.73. The van der Waals surface area contributed by atoms with Crippen molar-refractivity contribution in [3.63, 3.8) is 0 Å². The fourth-order valence-corrected chi connectivity index (χ4v) is 2.06. The number of aliphatic hydroxyl groups is 1. The lowest BCUT2D eigenvalue weighted by molar-refractivity contribution is 0.126. The Balaban J connectivity index is 2.60. The van der Waals surface area contributed by atoms with Gasteiger partial charge in [0.2, 0.25) is 0 Å². The molecule has 0 saturated carbocycles. The predicted octanol–water partition coefficient (Wildman–Crippen LogP) is 3.55. The average molecular weight is 350 g/mol. The molecule has 1 aromatic rings. The summed E-state index contributed by atoms with van der Waals surface area (Å²) in [5.74, 6) is 0.0980. The van der Waals surface area contributed by atoms with Crippen molar-refractivity contribution in [2.75, 3.05) is 11.9 Å². The lowest BCUT2D eigenvalue weighted by Crippen LogP contribution is -2.37. The fourth-order valence-electron chi connectivity index (χ4n) is 1.34. The number of benzene rings is 1. The molecule has 0 radical (unpaired) electrons. The standard InChI is InChI=1S/C13H18BrClN2O2/c1-7(2)12(18)6-16-13(19)17-11-5-10(15)8(3)4-9(11)14/h4-5,7,12,18H,6H2,1-3H3,(H2,16,17,19). The zero-order valence-electron chi connectivity index (χ0n) is 11.1. The van der Waals surface area contributed by atoms with E-state index in [0.717, 1.165) is 10.0 Å². The van der Waals surface area contributed by atoms with Crippen LogP contribution in [0.25, 0.3) is 0 Å². The Bertz CT molecular complexity index is 466. The maximum atomic E-state index is 11.7. The summed E-state index contributed by atoms with van der Waals surface area (Å²) in [6, 6.07) is 3.14. The van der Waals surface area contributed by atoms with Crippen LogP contribution in [-0.4, -0.2) is 23.8 Å². The van der Waals surface area contributed by atoms with E-state index in [4.69, 9.17) is 11.6 Å². The molecule has 1 atom stereocenters. The summed E-state index contributed by atoms with van der Waals surface area (Å²) in [7, 11) is 0. The van der Waals surface area contributed by atoms with Crippen LogP contribution in [0.3, 0.4) is 0 Å². The van der Waals surface area contributed by atoms with Crippen LogP contribution < -0.4 is 10.6 Å². The quantitative estimate of drug-likeness (QED) is 0.778. The summed E-state index contributed by atoms with van der Waals surface area (Å²) < 4.78 is 0.758. The minimum absolute atomic E-state index is 0.0980. The van der Waals surface area contributed by atoms with E-state index in [-0.39, 0.29) is 18.5 Å². The van der Waals surface area contributed by atoms with E-state index in [0.29, 0.717) is 10.7 Å². The van der Waals surface area contributed by atoms with Crippen LogP contribution in [0.1, 0.15) is 19.4 Å². The Labute approximate surface area is 126 Å². The number of anilines is 1. The van der Waals surface area contributed by atoms with E-state index in [2.05, 4.69) is 26.6 Å². The molecule has 0 bridgehead atoms. The summed E-state index contributed by atoms with van der Waals surface area (Å²) >= 11 is 9.37. The molecule has 0 aliphatic rings. The summed E-state index contributed by atoms with van der Waals surface area (Å²) in [6.45, 7) is 5.87. The van der Waals surface area contributed by atoms with Crippen LogP contribution in [0.4, 0.5) is 10.5 Å². The van der Waals surface area contributed by atoms with Gasteiger partial charge in [0.15, 0.2) is 0 Å². The van der Waals surface area contributed by atoms with Gasteiger partial charge < -0.3 is 15.7 Å². The van der Waals surface area contributed by atoms with Crippen molar-refractivity contribution in [2.45, 2.75) is 26.9 Å². The number of carbonyl (C=O) groups is 1. The van der Waals surface area contributed by atoms with Gasteiger partial charge in [0.05, 0.1) is 11.8 Å². The molecule has 1 rings (SSSR count). The largest absolute Gasteiger partial charge is 0.391 e. The number of hydrogen-bond acceptors (Lipinski definition) is 2. The number of aryl methyl sites for hydroxylation is 1. The van der Waals surface area contributed by atoms with Gasteiger partial charge in [-0.1, -0.05) is 25.4 Å². The smallest absolute Gasteiger partial charge is 0.319 e. The van der Waals surface area contributed by atoms with E-state index < -0.39 is 6.10 Å². The number of carbonyl (C=O) groups excluding carboxylic acids is 1. The van der Waals surface area contributed by atoms with Crippen molar-refractivity contribution >= 4 is 39.2 Å². The molecular formula is C13H18BrClN2O2. The van der Waals surface area contributed by atoms with Crippen LogP contribution in [-0.2, 0) is 0 Å². The van der Waals surface area contributed by atoms with E-state index in [9.17, 15) is 9.90 Å². The molecule has 19 heavy (non-hydrogen) atoms. The summed E-state index contributed by atoms with van der Waals surface area (Å²) in [5.41, 5.74) is 1.52. The molecule has 0 spiro atoms. The Morgan fingerprint density at radius 3 is 2.68 bits per heavy atom. The topological polar surface area (TPSA) is 61.4 Å². The first kappa shape index (κ1) is 16.3. The predicted molar refractivity (Wildman–Crippen MR) is 81.8 cm³/mol. The zero-order chi connectivity index (χ0) is 14.6. The van der Waals surface area contributed by atoms with E-state index in [1.807, 2.05) is 26.8 Å². The van der Waals surface area contributed by atoms with Crippen LogP contribution in [0, 0.1) is 12.8 Å². The third-order valence-electron chi connectivity index (χ3n) is 2.74. The summed E-state index contributed by atoms with van der Waals surface area (Å²) in [4.78, 5) is 11.7. The first-order valence-corrected chi connectivity index (χ1v) is 7.17. The first-order chi connectivity index (χ1) is 8.81. The number of aliphatic hydroxyl groups excluding tert-OH is 1. The molecule has 4 nitrogen and oxygen atoms in total. The Morgan fingerprint density at radius 2 is 2.11 bits per heavy atom. The van der Waals surface area contributed by atoms with E-state index in [1.165, 1.54) is 0 Å². The molecular weight excluding hydrogens is 332 g/mol. The van der Waals surface area contributed by atoms with Crippen molar-refractivity contribution in [3.8, 4) is 0 Å². The lowest BCUT2D eigenvalue weighted by Gasteiger charge is -2.16. The molecule has 0 aliphatic carbocycles. The maximum Gasteiger partial charge on any atom is 0.319 e. The molecule has 0 aromatic heterocycles. The Kier molecular flexibility index (Phi) is 6.10. The Morgan fingerprint density at radius 1 is 1.47 bits per heavy atom. The molecule has 1 aromatic carbocycles. The highest BCUT2D eigenvalue weighted by atomic mass is 79.9. The van der Waals surface area contributed by atoms with Crippen LogP contribution in [0.5, 0.6) is 0 Å². The molecule has 0 aliphatic heterocycles. The lowest BCUT2D eigenvalue weighted by atomic mass is 10.1. The highest BCUT2D eigenvalue weighted by Gasteiger charge is 2.12. The van der Waals surface area contributed by atoms with Crippen molar-refractivity contribution in [3.05, 3.63) is 27.2 Å². The number of hydrogen-bond donors (Lipinski definition) is 3. The van der Waals surface area contributed by atoms with Gasteiger partial charge >= 0.3 is 6.03 Å². The minimum Gasteiger partial charge on any atom is -0.391 e. The first-order valence-electron chi connectivity index (χ1n) is 5.99. The van der Waals surface area contributed by atoms with E-state index >= 15 is 0 Å². The molecule has 0 fully saturated rings.